The maximum absolute atomic E-state index is 13.4. The van der Waals surface area contributed by atoms with Gasteiger partial charge in [-0.2, -0.15) is 22.9 Å². The summed E-state index contributed by atoms with van der Waals surface area (Å²) in [5, 5.41) is 4.63. The molecule has 5 nitrogen and oxygen atoms in total. The van der Waals surface area contributed by atoms with E-state index in [4.69, 9.17) is 4.74 Å². The lowest BCUT2D eigenvalue weighted by molar-refractivity contribution is -0.137. The van der Waals surface area contributed by atoms with Crippen LogP contribution in [-0.4, -0.2) is 22.0 Å². The first kappa shape index (κ1) is 26.1. The summed E-state index contributed by atoms with van der Waals surface area (Å²) in [4.78, 5) is 17.8. The summed E-state index contributed by atoms with van der Waals surface area (Å²) < 4.78 is 48.4. The molecule has 1 heterocycles. The third-order valence-electron chi connectivity index (χ3n) is 5.44. The van der Waals surface area contributed by atoms with Crippen molar-refractivity contribution in [1.82, 2.24) is 9.66 Å². The van der Waals surface area contributed by atoms with E-state index in [1.165, 1.54) is 18.3 Å². The van der Waals surface area contributed by atoms with Gasteiger partial charge in [0.25, 0.3) is 5.56 Å². The van der Waals surface area contributed by atoms with Crippen LogP contribution in [0.3, 0.4) is 0 Å². The van der Waals surface area contributed by atoms with Crippen molar-refractivity contribution in [2.75, 3.05) is 0 Å². The number of para-hydroxylation sites is 1. The number of rotatable bonds is 6. The minimum absolute atomic E-state index is 0.00379. The predicted octanol–water partition coefficient (Wildman–Crippen LogP) is 7.67. The molecule has 0 unspecified atom stereocenters. The zero-order valence-corrected chi connectivity index (χ0v) is 22.4. The van der Waals surface area contributed by atoms with Crippen molar-refractivity contribution in [2.45, 2.75) is 32.5 Å². The maximum atomic E-state index is 13.4. The normalized spacial score (nSPS) is 12.9. The molecular formula is C26H20Br2F3N3O2. The Morgan fingerprint density at radius 3 is 2.44 bits per heavy atom. The van der Waals surface area contributed by atoms with Crippen LogP contribution in [0, 0.1) is 0 Å². The smallest absolute Gasteiger partial charge is 0.416 e. The predicted molar refractivity (Wildman–Crippen MR) is 142 cm³/mol. The highest BCUT2D eigenvalue weighted by Gasteiger charge is 2.31. The highest BCUT2D eigenvalue weighted by Crippen LogP contribution is 2.36. The molecule has 0 aliphatic rings. The van der Waals surface area contributed by atoms with Gasteiger partial charge in [0.2, 0.25) is 0 Å². The number of benzene rings is 3. The molecule has 0 fully saturated rings. The molecule has 36 heavy (non-hydrogen) atoms. The third kappa shape index (κ3) is 5.54. The van der Waals surface area contributed by atoms with E-state index >= 15 is 0 Å². The van der Waals surface area contributed by atoms with Crippen molar-refractivity contribution in [2.24, 2.45) is 5.10 Å². The highest BCUT2D eigenvalue weighted by molar-refractivity contribution is 9.11. The Morgan fingerprint density at radius 1 is 1.08 bits per heavy atom. The number of hydrogen-bond acceptors (Lipinski definition) is 4. The average molecular weight is 623 g/mol. The standard InChI is InChI=1S/C26H20Br2F3N3O2/c1-3-15(2)36-23-20(27)11-16(12-21(23)28)14-32-34-24(17-7-6-8-18(13-17)26(29,30)31)33-22-10-5-4-9-19(22)25(34)35/h4-15H,3H2,1-2H3/t15-/m1/s1. The van der Waals surface area contributed by atoms with Gasteiger partial charge in [-0.25, -0.2) is 4.98 Å². The SMILES string of the molecule is CC[C@@H](C)Oc1c(Br)cc(C=Nn2c(-c3cccc(C(F)(F)F)c3)nc3ccccc3c2=O)cc1Br. The molecule has 3 aromatic carbocycles. The van der Waals surface area contributed by atoms with Crippen LogP contribution in [0.5, 0.6) is 5.75 Å². The molecule has 0 saturated carbocycles. The Kier molecular flexibility index (Phi) is 7.65. The van der Waals surface area contributed by atoms with E-state index in [-0.39, 0.29) is 17.5 Å². The highest BCUT2D eigenvalue weighted by atomic mass is 79.9. The van der Waals surface area contributed by atoms with Crippen molar-refractivity contribution in [3.8, 4) is 17.1 Å². The summed E-state index contributed by atoms with van der Waals surface area (Å²) in [6.07, 6.45) is -2.26. The first-order valence-corrected chi connectivity index (χ1v) is 12.6. The monoisotopic (exact) mass is 621 g/mol. The Bertz CT molecular complexity index is 1490. The number of aromatic nitrogens is 2. The molecule has 0 radical (unpaired) electrons. The number of hydrogen-bond donors (Lipinski definition) is 0. The molecule has 4 aromatic rings. The first-order chi connectivity index (χ1) is 17.1. The quantitative estimate of drug-likeness (QED) is 0.207. The molecule has 4 rings (SSSR count). The van der Waals surface area contributed by atoms with Crippen LogP contribution in [-0.2, 0) is 6.18 Å². The zero-order valence-electron chi connectivity index (χ0n) is 19.2. The fourth-order valence-electron chi connectivity index (χ4n) is 3.43. The van der Waals surface area contributed by atoms with Crippen LogP contribution in [0.15, 0.2) is 79.5 Å². The summed E-state index contributed by atoms with van der Waals surface area (Å²) in [6, 6.07) is 14.8. The fourth-order valence-corrected chi connectivity index (χ4v) is 4.84. The molecule has 186 valence electrons. The van der Waals surface area contributed by atoms with Crippen molar-refractivity contribution < 1.29 is 17.9 Å². The molecule has 0 aliphatic heterocycles. The summed E-state index contributed by atoms with van der Waals surface area (Å²) in [6.45, 7) is 3.98. The minimum atomic E-state index is -4.54. The minimum Gasteiger partial charge on any atom is -0.488 e. The largest absolute Gasteiger partial charge is 0.488 e. The van der Waals surface area contributed by atoms with Crippen LogP contribution in [0.25, 0.3) is 22.3 Å². The summed E-state index contributed by atoms with van der Waals surface area (Å²) in [5.74, 6) is 0.631. The number of fused-ring (bicyclic) bond motifs is 1. The van der Waals surface area contributed by atoms with Gasteiger partial charge in [0, 0.05) is 5.56 Å². The lowest BCUT2D eigenvalue weighted by atomic mass is 10.1. The van der Waals surface area contributed by atoms with E-state index in [2.05, 4.69) is 41.9 Å². The fraction of sp³-hybridized carbons (Fsp3) is 0.192. The van der Waals surface area contributed by atoms with Gasteiger partial charge in [0.15, 0.2) is 5.82 Å². The topological polar surface area (TPSA) is 56.5 Å². The average Bonchev–Trinajstić information content (AvgIpc) is 2.85. The van der Waals surface area contributed by atoms with Crippen molar-refractivity contribution in [1.29, 1.82) is 0 Å². The Balaban J connectivity index is 1.85. The number of nitrogens with zero attached hydrogens (tertiary/aromatic N) is 3. The zero-order chi connectivity index (χ0) is 26.0. The number of ether oxygens (including phenoxy) is 1. The Morgan fingerprint density at radius 2 is 1.78 bits per heavy atom. The van der Waals surface area contributed by atoms with E-state index in [9.17, 15) is 18.0 Å². The lowest BCUT2D eigenvalue weighted by Crippen LogP contribution is -2.20. The second-order valence-electron chi connectivity index (χ2n) is 8.04. The van der Waals surface area contributed by atoms with Crippen molar-refractivity contribution >= 4 is 49.0 Å². The van der Waals surface area contributed by atoms with Gasteiger partial charge < -0.3 is 4.74 Å². The van der Waals surface area contributed by atoms with E-state index in [1.807, 2.05) is 13.8 Å². The molecular weight excluding hydrogens is 603 g/mol. The third-order valence-corrected chi connectivity index (χ3v) is 6.62. The van der Waals surface area contributed by atoms with Gasteiger partial charge in [-0.1, -0.05) is 31.2 Å². The molecule has 0 bridgehead atoms. The van der Waals surface area contributed by atoms with Crippen LogP contribution < -0.4 is 10.3 Å². The summed E-state index contributed by atoms with van der Waals surface area (Å²) in [5.41, 5.74) is -0.245. The molecule has 0 spiro atoms. The lowest BCUT2D eigenvalue weighted by Gasteiger charge is -2.16. The van der Waals surface area contributed by atoms with Gasteiger partial charge in [-0.3, -0.25) is 4.79 Å². The Labute approximate surface area is 221 Å². The van der Waals surface area contributed by atoms with E-state index in [0.29, 0.717) is 31.2 Å². The van der Waals surface area contributed by atoms with E-state index < -0.39 is 17.3 Å². The van der Waals surface area contributed by atoms with Gasteiger partial charge >= 0.3 is 6.18 Å². The molecule has 1 aromatic heterocycles. The summed E-state index contributed by atoms with van der Waals surface area (Å²) in [7, 11) is 0. The van der Waals surface area contributed by atoms with E-state index in [0.717, 1.165) is 23.2 Å². The van der Waals surface area contributed by atoms with Crippen molar-refractivity contribution in [3.05, 3.63) is 91.1 Å². The molecule has 0 N–H and O–H groups in total. The number of halogens is 5. The molecule has 0 amide bonds. The van der Waals surface area contributed by atoms with Crippen LogP contribution in [0.2, 0.25) is 0 Å². The van der Waals surface area contributed by atoms with Crippen molar-refractivity contribution in [3.63, 3.8) is 0 Å². The summed E-state index contributed by atoms with van der Waals surface area (Å²) >= 11 is 7.01. The van der Waals surface area contributed by atoms with Crippen LogP contribution in [0.1, 0.15) is 31.4 Å². The second-order valence-corrected chi connectivity index (χ2v) is 9.75. The molecule has 0 aliphatic carbocycles. The second kappa shape index (κ2) is 10.6. The first-order valence-electron chi connectivity index (χ1n) is 11.0. The molecule has 1 atom stereocenters. The van der Waals surface area contributed by atoms with Crippen LogP contribution >= 0.6 is 31.9 Å². The maximum Gasteiger partial charge on any atom is 0.416 e. The van der Waals surface area contributed by atoms with Gasteiger partial charge in [0.1, 0.15) is 5.75 Å². The van der Waals surface area contributed by atoms with Gasteiger partial charge in [-0.05, 0) is 87.2 Å². The van der Waals surface area contributed by atoms with Gasteiger partial charge in [-0.15, -0.1) is 0 Å². The van der Waals surface area contributed by atoms with Crippen LogP contribution in [0.4, 0.5) is 13.2 Å². The molecule has 10 heteroatoms. The number of alkyl halides is 3. The van der Waals surface area contributed by atoms with Gasteiger partial charge in [0.05, 0.1) is 37.7 Å². The molecule has 0 saturated heterocycles. The van der Waals surface area contributed by atoms with E-state index in [1.54, 1.807) is 36.4 Å². The Hall–Kier alpha value is -2.98.